The van der Waals surface area contributed by atoms with E-state index in [0.717, 1.165) is 16.0 Å². The number of fused-ring (bicyclic) bond motifs is 1. The number of carboxylic acid groups (broad SMARTS) is 1. The van der Waals surface area contributed by atoms with Crippen LogP contribution in [-0.2, 0) is 0 Å². The fourth-order valence-electron chi connectivity index (χ4n) is 1.01. The first kappa shape index (κ1) is 8.47. The van der Waals surface area contributed by atoms with E-state index in [4.69, 9.17) is 16.7 Å². The highest BCUT2D eigenvalue weighted by atomic mass is 35.5. The SMILES string of the molecule is O=C(O)c1nc2cccc(Cl)c2s1. The minimum atomic E-state index is -1.02. The van der Waals surface area contributed by atoms with Crippen molar-refractivity contribution in [3.8, 4) is 0 Å². The average molecular weight is 214 g/mol. The van der Waals surface area contributed by atoms with E-state index in [0.29, 0.717) is 10.5 Å². The molecule has 1 heterocycles. The van der Waals surface area contributed by atoms with Crippen molar-refractivity contribution in [1.29, 1.82) is 0 Å². The number of thiazole rings is 1. The predicted molar refractivity (Wildman–Crippen MR) is 51.6 cm³/mol. The van der Waals surface area contributed by atoms with Crippen LogP contribution in [0.5, 0.6) is 0 Å². The fourth-order valence-corrected chi connectivity index (χ4v) is 2.10. The second-order valence-corrected chi connectivity index (χ2v) is 3.82. The van der Waals surface area contributed by atoms with Gasteiger partial charge < -0.3 is 5.11 Å². The van der Waals surface area contributed by atoms with Crippen molar-refractivity contribution < 1.29 is 9.90 Å². The molecule has 0 fully saturated rings. The van der Waals surface area contributed by atoms with Crippen molar-refractivity contribution in [3.05, 3.63) is 28.2 Å². The number of benzene rings is 1. The monoisotopic (exact) mass is 213 g/mol. The highest BCUT2D eigenvalue weighted by Gasteiger charge is 2.11. The Morgan fingerprint density at radius 1 is 1.54 bits per heavy atom. The van der Waals surface area contributed by atoms with Crippen molar-refractivity contribution >= 4 is 39.1 Å². The van der Waals surface area contributed by atoms with E-state index in [-0.39, 0.29) is 5.01 Å². The summed E-state index contributed by atoms with van der Waals surface area (Å²) in [6, 6.07) is 5.20. The molecule has 0 amide bonds. The molecule has 0 atom stereocenters. The molecule has 0 aliphatic rings. The number of rotatable bonds is 1. The molecule has 66 valence electrons. The maximum atomic E-state index is 10.6. The van der Waals surface area contributed by atoms with Gasteiger partial charge in [0.2, 0.25) is 5.01 Å². The quantitative estimate of drug-likeness (QED) is 0.792. The average Bonchev–Trinajstić information content (AvgIpc) is 2.49. The van der Waals surface area contributed by atoms with Crippen LogP contribution in [0.1, 0.15) is 9.80 Å². The van der Waals surface area contributed by atoms with Crippen LogP contribution in [0, 0.1) is 0 Å². The van der Waals surface area contributed by atoms with Gasteiger partial charge in [-0.05, 0) is 12.1 Å². The first-order chi connectivity index (χ1) is 6.18. The minimum absolute atomic E-state index is 0.0723. The van der Waals surface area contributed by atoms with Crippen LogP contribution in [0.2, 0.25) is 5.02 Å². The van der Waals surface area contributed by atoms with Crippen LogP contribution >= 0.6 is 22.9 Å². The molecule has 1 aromatic heterocycles. The lowest BCUT2D eigenvalue weighted by molar-refractivity contribution is 0.0696. The molecular formula is C8H4ClNO2S. The highest BCUT2D eigenvalue weighted by molar-refractivity contribution is 7.20. The largest absolute Gasteiger partial charge is 0.476 e. The summed E-state index contributed by atoms with van der Waals surface area (Å²) in [5.74, 6) is -1.02. The first-order valence-corrected chi connectivity index (χ1v) is 4.66. The van der Waals surface area contributed by atoms with Crippen molar-refractivity contribution in [1.82, 2.24) is 4.98 Å². The van der Waals surface area contributed by atoms with Gasteiger partial charge in [0.25, 0.3) is 0 Å². The molecule has 5 heteroatoms. The fraction of sp³-hybridized carbons (Fsp3) is 0. The van der Waals surface area contributed by atoms with E-state index in [1.165, 1.54) is 0 Å². The number of aromatic nitrogens is 1. The van der Waals surface area contributed by atoms with Crippen LogP contribution in [0.3, 0.4) is 0 Å². The normalized spacial score (nSPS) is 10.5. The number of nitrogens with zero attached hydrogens (tertiary/aromatic N) is 1. The molecule has 13 heavy (non-hydrogen) atoms. The van der Waals surface area contributed by atoms with Crippen LogP contribution < -0.4 is 0 Å². The van der Waals surface area contributed by atoms with E-state index >= 15 is 0 Å². The van der Waals surface area contributed by atoms with Crippen LogP contribution in [-0.4, -0.2) is 16.1 Å². The maximum Gasteiger partial charge on any atom is 0.365 e. The van der Waals surface area contributed by atoms with Crippen molar-refractivity contribution in [3.63, 3.8) is 0 Å². The van der Waals surface area contributed by atoms with Crippen LogP contribution in [0.15, 0.2) is 18.2 Å². The Morgan fingerprint density at radius 3 is 2.92 bits per heavy atom. The summed E-state index contributed by atoms with van der Waals surface area (Å²) in [5, 5.41) is 9.30. The Kier molecular flexibility index (Phi) is 1.94. The second kappa shape index (κ2) is 2.97. The van der Waals surface area contributed by atoms with Gasteiger partial charge in [-0.15, -0.1) is 11.3 Å². The molecule has 1 aromatic carbocycles. The van der Waals surface area contributed by atoms with Crippen LogP contribution in [0.25, 0.3) is 10.2 Å². The van der Waals surface area contributed by atoms with E-state index in [9.17, 15) is 4.79 Å². The zero-order valence-electron chi connectivity index (χ0n) is 6.32. The van der Waals surface area contributed by atoms with Gasteiger partial charge in [-0.25, -0.2) is 9.78 Å². The number of hydrogen-bond donors (Lipinski definition) is 1. The Hall–Kier alpha value is -1.13. The molecule has 2 rings (SSSR count). The summed E-state index contributed by atoms with van der Waals surface area (Å²) in [6.07, 6.45) is 0. The highest BCUT2D eigenvalue weighted by Crippen LogP contribution is 2.28. The summed E-state index contributed by atoms with van der Waals surface area (Å²) >= 11 is 6.94. The van der Waals surface area contributed by atoms with Crippen molar-refractivity contribution in [2.24, 2.45) is 0 Å². The van der Waals surface area contributed by atoms with Gasteiger partial charge in [-0.1, -0.05) is 17.7 Å². The third-order valence-corrected chi connectivity index (χ3v) is 3.07. The molecule has 2 aromatic rings. The van der Waals surface area contributed by atoms with Gasteiger partial charge in [-0.3, -0.25) is 0 Å². The van der Waals surface area contributed by atoms with Gasteiger partial charge >= 0.3 is 5.97 Å². The third-order valence-electron chi connectivity index (χ3n) is 1.55. The predicted octanol–water partition coefficient (Wildman–Crippen LogP) is 2.65. The van der Waals surface area contributed by atoms with Gasteiger partial charge in [-0.2, -0.15) is 0 Å². The smallest absolute Gasteiger partial charge is 0.365 e. The van der Waals surface area contributed by atoms with E-state index < -0.39 is 5.97 Å². The molecule has 0 aliphatic heterocycles. The molecule has 0 aliphatic carbocycles. The molecule has 0 unspecified atom stereocenters. The van der Waals surface area contributed by atoms with E-state index in [2.05, 4.69) is 4.98 Å². The summed E-state index contributed by atoms with van der Waals surface area (Å²) in [6.45, 7) is 0. The number of aromatic carboxylic acids is 1. The molecule has 0 spiro atoms. The zero-order chi connectivity index (χ0) is 9.42. The molecule has 1 N–H and O–H groups in total. The summed E-state index contributed by atoms with van der Waals surface area (Å²) in [5.41, 5.74) is 0.634. The van der Waals surface area contributed by atoms with Crippen LogP contribution in [0.4, 0.5) is 0 Å². The standard InChI is InChI=1S/C8H4ClNO2S/c9-4-2-1-3-5-6(4)13-7(10-5)8(11)12/h1-3H,(H,11,12). The number of carbonyl (C=O) groups is 1. The number of hydrogen-bond acceptors (Lipinski definition) is 3. The van der Waals surface area contributed by atoms with E-state index in [1.807, 2.05) is 0 Å². The minimum Gasteiger partial charge on any atom is -0.476 e. The van der Waals surface area contributed by atoms with Gasteiger partial charge in [0.05, 0.1) is 15.2 Å². The lowest BCUT2D eigenvalue weighted by Gasteiger charge is -1.87. The summed E-state index contributed by atoms with van der Waals surface area (Å²) < 4.78 is 0.724. The topological polar surface area (TPSA) is 50.2 Å². The molecular weight excluding hydrogens is 210 g/mol. The van der Waals surface area contributed by atoms with Crippen molar-refractivity contribution in [2.45, 2.75) is 0 Å². The lowest BCUT2D eigenvalue weighted by atomic mass is 10.3. The Bertz CT molecular complexity index is 480. The Balaban J connectivity index is 2.75. The maximum absolute atomic E-state index is 10.6. The molecule has 0 saturated carbocycles. The summed E-state index contributed by atoms with van der Waals surface area (Å²) in [4.78, 5) is 14.5. The van der Waals surface area contributed by atoms with Crippen molar-refractivity contribution in [2.75, 3.05) is 0 Å². The van der Waals surface area contributed by atoms with Gasteiger partial charge in [0.15, 0.2) is 0 Å². The zero-order valence-corrected chi connectivity index (χ0v) is 7.89. The second-order valence-electron chi connectivity index (χ2n) is 2.41. The molecule has 3 nitrogen and oxygen atoms in total. The molecule has 0 bridgehead atoms. The third kappa shape index (κ3) is 1.38. The van der Waals surface area contributed by atoms with E-state index in [1.54, 1.807) is 18.2 Å². The Labute approximate surface area is 82.6 Å². The number of carboxylic acids is 1. The Morgan fingerprint density at radius 2 is 2.31 bits per heavy atom. The molecule has 0 radical (unpaired) electrons. The van der Waals surface area contributed by atoms with Gasteiger partial charge in [0.1, 0.15) is 0 Å². The number of halogens is 1. The summed E-state index contributed by atoms with van der Waals surface area (Å²) in [7, 11) is 0. The molecule has 0 saturated heterocycles. The first-order valence-electron chi connectivity index (χ1n) is 3.47. The lowest BCUT2D eigenvalue weighted by Crippen LogP contribution is -1.93. The van der Waals surface area contributed by atoms with Gasteiger partial charge in [0, 0.05) is 0 Å².